The van der Waals surface area contributed by atoms with Crippen LogP contribution in [0.15, 0.2) is 40.3 Å². The number of Topliss-reactive ketones (excluding diaryl/α,β-unsaturated/α-hetero) is 1. The predicted octanol–water partition coefficient (Wildman–Crippen LogP) is 2.18. The molecule has 1 atom stereocenters. The fourth-order valence-corrected chi connectivity index (χ4v) is 4.50. The molecule has 0 saturated carbocycles. The molecule has 0 bridgehead atoms. The van der Waals surface area contributed by atoms with Gasteiger partial charge in [-0.2, -0.15) is 4.98 Å². The number of aromatic nitrogens is 2. The van der Waals surface area contributed by atoms with E-state index < -0.39 is 5.92 Å². The van der Waals surface area contributed by atoms with Crippen molar-refractivity contribution in [2.75, 3.05) is 43.6 Å². The third-order valence-electron chi connectivity index (χ3n) is 6.01. The van der Waals surface area contributed by atoms with Gasteiger partial charge in [0, 0.05) is 36.7 Å². The molecule has 3 heterocycles. The Kier molecular flexibility index (Phi) is 4.78. The molecule has 1 aliphatic carbocycles. The van der Waals surface area contributed by atoms with Gasteiger partial charge in [0.1, 0.15) is 11.6 Å². The van der Waals surface area contributed by atoms with Gasteiger partial charge < -0.3 is 19.7 Å². The Labute approximate surface area is 173 Å². The van der Waals surface area contributed by atoms with Gasteiger partial charge in [-0.05, 0) is 30.5 Å². The minimum absolute atomic E-state index is 0.0897. The largest absolute Gasteiger partial charge is 0.497 e. The maximum atomic E-state index is 13.3. The molecule has 8 nitrogen and oxygen atoms in total. The van der Waals surface area contributed by atoms with Crippen molar-refractivity contribution >= 4 is 17.5 Å². The Morgan fingerprint density at radius 2 is 1.90 bits per heavy atom. The summed E-state index contributed by atoms with van der Waals surface area (Å²) in [4.78, 5) is 35.9. The number of fused-ring (bicyclic) bond motifs is 1. The summed E-state index contributed by atoms with van der Waals surface area (Å²) in [6.07, 6.45) is 2.07. The highest BCUT2D eigenvalue weighted by Crippen LogP contribution is 2.43. The molecule has 3 aliphatic rings. The number of carbonyl (C=O) groups is 1. The van der Waals surface area contributed by atoms with E-state index in [1.165, 1.54) is 0 Å². The van der Waals surface area contributed by atoms with E-state index in [1.54, 1.807) is 7.11 Å². The molecular weight excluding hydrogens is 384 g/mol. The molecule has 0 amide bonds. The number of carbonyl (C=O) groups excluding carboxylic acids is 1. The van der Waals surface area contributed by atoms with E-state index in [0.717, 1.165) is 29.9 Å². The zero-order valence-corrected chi connectivity index (χ0v) is 16.9. The molecule has 1 fully saturated rings. The highest BCUT2D eigenvalue weighted by atomic mass is 16.5. The Balaban J connectivity index is 1.65. The van der Waals surface area contributed by atoms with Crippen LogP contribution in [-0.2, 0) is 9.53 Å². The van der Waals surface area contributed by atoms with E-state index in [1.807, 2.05) is 29.2 Å². The van der Waals surface area contributed by atoms with E-state index in [0.29, 0.717) is 55.6 Å². The van der Waals surface area contributed by atoms with Crippen LogP contribution in [0, 0.1) is 0 Å². The summed E-state index contributed by atoms with van der Waals surface area (Å²) in [5.41, 5.74) is 2.72. The molecule has 1 aromatic heterocycles. The summed E-state index contributed by atoms with van der Waals surface area (Å²) < 4.78 is 10.7. The first-order valence-electron chi connectivity index (χ1n) is 10.3. The van der Waals surface area contributed by atoms with Crippen molar-refractivity contribution < 1.29 is 14.3 Å². The number of hydrogen-bond acceptors (Lipinski definition) is 7. The second kappa shape index (κ2) is 7.60. The molecule has 2 aromatic rings. The number of H-pyrrole nitrogens is 1. The molecular formula is C22H24N4O4. The van der Waals surface area contributed by atoms with Gasteiger partial charge in [0.05, 0.1) is 25.9 Å². The summed E-state index contributed by atoms with van der Waals surface area (Å²) in [5, 5.41) is 3.32. The molecule has 2 N–H and O–H groups in total. The molecule has 30 heavy (non-hydrogen) atoms. The monoisotopic (exact) mass is 408 g/mol. The number of ketones is 1. The number of morpholine rings is 1. The van der Waals surface area contributed by atoms with Crippen molar-refractivity contribution in [3.05, 3.63) is 57.0 Å². The normalized spacial score (nSPS) is 21.0. The van der Waals surface area contributed by atoms with Crippen molar-refractivity contribution in [3.8, 4) is 5.75 Å². The van der Waals surface area contributed by atoms with Crippen molar-refractivity contribution in [1.29, 1.82) is 0 Å². The Morgan fingerprint density at radius 3 is 2.63 bits per heavy atom. The molecule has 2 aliphatic heterocycles. The fourth-order valence-electron chi connectivity index (χ4n) is 4.50. The Bertz CT molecular complexity index is 1070. The average Bonchev–Trinajstić information content (AvgIpc) is 2.78. The summed E-state index contributed by atoms with van der Waals surface area (Å²) in [5.74, 6) is 1.45. The van der Waals surface area contributed by atoms with Gasteiger partial charge in [0.2, 0.25) is 5.95 Å². The van der Waals surface area contributed by atoms with E-state index in [-0.39, 0.29) is 11.3 Å². The Hall–Kier alpha value is -3.13. The van der Waals surface area contributed by atoms with E-state index in [2.05, 4.69) is 10.3 Å². The van der Waals surface area contributed by atoms with E-state index >= 15 is 0 Å². The number of hydrogen-bond donors (Lipinski definition) is 2. The topological polar surface area (TPSA) is 96.5 Å². The molecule has 156 valence electrons. The average molecular weight is 408 g/mol. The minimum Gasteiger partial charge on any atom is -0.497 e. The summed E-state index contributed by atoms with van der Waals surface area (Å²) >= 11 is 0. The number of aromatic amines is 1. The first-order valence-corrected chi connectivity index (χ1v) is 10.3. The van der Waals surface area contributed by atoms with Crippen LogP contribution in [0.2, 0.25) is 0 Å². The minimum atomic E-state index is -0.440. The van der Waals surface area contributed by atoms with Crippen molar-refractivity contribution in [2.24, 2.45) is 0 Å². The van der Waals surface area contributed by atoms with Crippen molar-refractivity contribution in [1.82, 2.24) is 9.97 Å². The van der Waals surface area contributed by atoms with Crippen LogP contribution in [0.5, 0.6) is 5.75 Å². The predicted molar refractivity (Wildman–Crippen MR) is 112 cm³/mol. The lowest BCUT2D eigenvalue weighted by atomic mass is 9.76. The van der Waals surface area contributed by atoms with Crippen LogP contribution in [-0.4, -0.2) is 49.2 Å². The van der Waals surface area contributed by atoms with Gasteiger partial charge in [0.25, 0.3) is 5.56 Å². The summed E-state index contributed by atoms with van der Waals surface area (Å²) in [6.45, 7) is 2.56. The number of methoxy groups -OCH3 is 1. The highest BCUT2D eigenvalue weighted by molar-refractivity contribution is 6.00. The summed E-state index contributed by atoms with van der Waals surface area (Å²) in [7, 11) is 1.61. The molecule has 0 radical (unpaired) electrons. The van der Waals surface area contributed by atoms with Crippen LogP contribution in [0.25, 0.3) is 0 Å². The molecule has 1 unspecified atom stereocenters. The van der Waals surface area contributed by atoms with E-state index in [9.17, 15) is 9.59 Å². The third kappa shape index (κ3) is 3.17. The first kappa shape index (κ1) is 18.9. The molecule has 1 aromatic carbocycles. The molecule has 8 heteroatoms. The maximum Gasteiger partial charge on any atom is 0.258 e. The SMILES string of the molecule is COc1ccc(C2C3=C(CCCC3=O)Nc3nc(N4CCOCC4)[nH]c(=O)c32)cc1. The van der Waals surface area contributed by atoms with Crippen LogP contribution >= 0.6 is 0 Å². The molecule has 5 rings (SSSR count). The number of anilines is 2. The van der Waals surface area contributed by atoms with Crippen molar-refractivity contribution in [2.45, 2.75) is 25.2 Å². The van der Waals surface area contributed by atoms with Crippen LogP contribution < -0.4 is 20.5 Å². The van der Waals surface area contributed by atoms with Gasteiger partial charge in [0.15, 0.2) is 5.78 Å². The van der Waals surface area contributed by atoms with Gasteiger partial charge in [-0.3, -0.25) is 14.6 Å². The van der Waals surface area contributed by atoms with Crippen LogP contribution in [0.3, 0.4) is 0 Å². The second-order valence-electron chi connectivity index (χ2n) is 7.75. The van der Waals surface area contributed by atoms with Crippen molar-refractivity contribution in [3.63, 3.8) is 0 Å². The van der Waals surface area contributed by atoms with Gasteiger partial charge in [-0.25, -0.2) is 0 Å². The smallest absolute Gasteiger partial charge is 0.258 e. The number of rotatable bonds is 3. The summed E-state index contributed by atoms with van der Waals surface area (Å²) in [6, 6.07) is 7.55. The molecule has 0 spiro atoms. The fraction of sp³-hybridized carbons (Fsp3) is 0.409. The van der Waals surface area contributed by atoms with Gasteiger partial charge in [-0.15, -0.1) is 0 Å². The zero-order valence-electron chi connectivity index (χ0n) is 16.9. The second-order valence-corrected chi connectivity index (χ2v) is 7.75. The number of nitrogens with one attached hydrogen (secondary N) is 2. The number of nitrogens with zero attached hydrogens (tertiary/aromatic N) is 2. The molecule has 1 saturated heterocycles. The zero-order chi connectivity index (χ0) is 20.7. The lowest BCUT2D eigenvalue weighted by Gasteiger charge is -2.34. The number of allylic oxidation sites excluding steroid dienone is 2. The van der Waals surface area contributed by atoms with Gasteiger partial charge in [-0.1, -0.05) is 12.1 Å². The third-order valence-corrected chi connectivity index (χ3v) is 6.01. The van der Waals surface area contributed by atoms with Gasteiger partial charge >= 0.3 is 0 Å². The lowest BCUT2D eigenvalue weighted by Crippen LogP contribution is -2.40. The lowest BCUT2D eigenvalue weighted by molar-refractivity contribution is -0.116. The Morgan fingerprint density at radius 1 is 1.13 bits per heavy atom. The quantitative estimate of drug-likeness (QED) is 0.804. The highest BCUT2D eigenvalue weighted by Gasteiger charge is 2.38. The van der Waals surface area contributed by atoms with Crippen LogP contribution in [0.4, 0.5) is 11.8 Å². The maximum absolute atomic E-state index is 13.3. The number of benzene rings is 1. The number of ether oxygens (including phenoxy) is 2. The standard InChI is InChI=1S/C22H24N4O4/c1-29-14-7-5-13(6-8-14)17-18-15(3-2-4-16(18)27)23-20-19(17)21(28)25-22(24-20)26-9-11-30-12-10-26/h5-8,17H,2-4,9-12H2,1H3,(H2,23,24,25,28). The first-order chi connectivity index (χ1) is 14.7. The van der Waals surface area contributed by atoms with Crippen LogP contribution in [0.1, 0.15) is 36.3 Å². The van der Waals surface area contributed by atoms with E-state index in [4.69, 9.17) is 14.5 Å².